The van der Waals surface area contributed by atoms with Crippen LogP contribution in [0.25, 0.3) is 6.08 Å². The van der Waals surface area contributed by atoms with Gasteiger partial charge in [-0.3, -0.25) is 4.79 Å². The Morgan fingerprint density at radius 1 is 1.36 bits per heavy atom. The molecule has 0 aliphatic carbocycles. The molecule has 2 rings (SSSR count). The van der Waals surface area contributed by atoms with Crippen molar-refractivity contribution in [1.29, 1.82) is 5.26 Å². The third-order valence-corrected chi connectivity index (χ3v) is 3.41. The number of nitrogens with one attached hydrogen (secondary N) is 2. The molecule has 0 spiro atoms. The van der Waals surface area contributed by atoms with Crippen molar-refractivity contribution in [1.82, 2.24) is 5.32 Å². The highest BCUT2D eigenvalue weighted by atomic mass is 35.5. The summed E-state index contributed by atoms with van der Waals surface area (Å²) in [6, 6.07) is 10.4. The highest BCUT2D eigenvalue weighted by molar-refractivity contribution is 6.35. The van der Waals surface area contributed by atoms with Crippen molar-refractivity contribution in [2.45, 2.75) is 6.54 Å². The fourth-order valence-electron chi connectivity index (χ4n) is 1.74. The first-order valence-corrected chi connectivity index (χ1v) is 7.16. The van der Waals surface area contributed by atoms with Crippen molar-refractivity contribution in [2.24, 2.45) is 0 Å². The van der Waals surface area contributed by atoms with Crippen LogP contribution in [0.2, 0.25) is 10.0 Å². The number of pyridine rings is 1. The van der Waals surface area contributed by atoms with Crippen LogP contribution in [0, 0.1) is 11.3 Å². The molecule has 110 valence electrons. The number of aromatic nitrogens is 1. The van der Waals surface area contributed by atoms with E-state index in [1.54, 1.807) is 30.6 Å². The average Bonchev–Trinajstić information content (AvgIpc) is 2.53. The standard InChI is InChI=1S/C16H11Cl2N3O/c17-14-4-3-12(15(18)7-14)6-13(8-19)16(22)21-10-11-2-1-5-20-9-11/h1-7,9H,10H2,(H,21,22)/p+1. The van der Waals surface area contributed by atoms with E-state index < -0.39 is 5.91 Å². The lowest BCUT2D eigenvalue weighted by atomic mass is 10.1. The largest absolute Gasteiger partial charge is 0.347 e. The van der Waals surface area contributed by atoms with Gasteiger partial charge < -0.3 is 5.32 Å². The minimum absolute atomic E-state index is 0.0240. The van der Waals surface area contributed by atoms with Crippen LogP contribution in [0.15, 0.2) is 48.3 Å². The Hall–Kier alpha value is -2.35. The van der Waals surface area contributed by atoms with E-state index in [1.165, 1.54) is 6.08 Å². The number of halogens is 2. The molecule has 2 N–H and O–H groups in total. The van der Waals surface area contributed by atoms with E-state index in [0.29, 0.717) is 22.2 Å². The number of nitrogens with zero attached hydrogens (tertiary/aromatic N) is 1. The lowest BCUT2D eigenvalue weighted by molar-refractivity contribution is -0.378. The van der Waals surface area contributed by atoms with Gasteiger partial charge in [0.1, 0.15) is 11.6 Å². The quantitative estimate of drug-likeness (QED) is 0.690. The van der Waals surface area contributed by atoms with E-state index in [2.05, 4.69) is 10.3 Å². The maximum absolute atomic E-state index is 12.0. The molecule has 1 amide bonds. The summed E-state index contributed by atoms with van der Waals surface area (Å²) in [5, 5.41) is 12.7. The third-order valence-electron chi connectivity index (χ3n) is 2.85. The van der Waals surface area contributed by atoms with Crippen molar-refractivity contribution in [3.05, 3.63) is 69.5 Å². The minimum atomic E-state index is -0.461. The molecule has 0 radical (unpaired) electrons. The van der Waals surface area contributed by atoms with Gasteiger partial charge in [0.25, 0.3) is 5.91 Å². The normalized spacial score (nSPS) is 10.9. The van der Waals surface area contributed by atoms with Crippen LogP contribution < -0.4 is 10.3 Å². The Morgan fingerprint density at radius 3 is 2.82 bits per heavy atom. The van der Waals surface area contributed by atoms with Crippen molar-refractivity contribution < 1.29 is 9.78 Å². The second-order valence-corrected chi connectivity index (χ2v) is 5.27. The lowest BCUT2D eigenvalue weighted by Gasteiger charge is -2.04. The molecule has 0 unspecified atom stereocenters. The molecular weight excluding hydrogens is 321 g/mol. The molecule has 0 bridgehead atoms. The Labute approximate surface area is 138 Å². The Balaban J connectivity index is 2.12. The zero-order valence-corrected chi connectivity index (χ0v) is 12.9. The van der Waals surface area contributed by atoms with Gasteiger partial charge in [0, 0.05) is 28.2 Å². The van der Waals surface area contributed by atoms with Gasteiger partial charge >= 0.3 is 0 Å². The van der Waals surface area contributed by atoms with Crippen molar-refractivity contribution in [2.75, 3.05) is 0 Å². The molecule has 0 fully saturated rings. The Morgan fingerprint density at radius 2 is 2.18 bits per heavy atom. The van der Waals surface area contributed by atoms with E-state index in [-0.39, 0.29) is 5.57 Å². The van der Waals surface area contributed by atoms with Gasteiger partial charge in [-0.15, -0.1) is 0 Å². The van der Waals surface area contributed by atoms with Gasteiger partial charge in [-0.1, -0.05) is 29.3 Å². The van der Waals surface area contributed by atoms with Crippen LogP contribution in [0.3, 0.4) is 0 Å². The molecule has 22 heavy (non-hydrogen) atoms. The fourth-order valence-corrected chi connectivity index (χ4v) is 2.20. The van der Waals surface area contributed by atoms with Gasteiger partial charge in [-0.2, -0.15) is 5.26 Å². The number of rotatable bonds is 4. The van der Waals surface area contributed by atoms with Crippen molar-refractivity contribution >= 4 is 35.2 Å². The molecule has 0 aliphatic heterocycles. The van der Waals surface area contributed by atoms with Crippen LogP contribution in [0.5, 0.6) is 0 Å². The lowest BCUT2D eigenvalue weighted by Crippen LogP contribution is -2.24. The fraction of sp³-hybridized carbons (Fsp3) is 0.0625. The first-order valence-electron chi connectivity index (χ1n) is 6.40. The third kappa shape index (κ3) is 4.32. The summed E-state index contributed by atoms with van der Waals surface area (Å²) in [5.74, 6) is -0.461. The summed E-state index contributed by atoms with van der Waals surface area (Å²) in [6.45, 7) is 0.323. The highest BCUT2D eigenvalue weighted by Crippen LogP contribution is 2.23. The van der Waals surface area contributed by atoms with Gasteiger partial charge in [0.2, 0.25) is 0 Å². The number of nitriles is 1. The topological polar surface area (TPSA) is 67.0 Å². The van der Waals surface area contributed by atoms with Crippen LogP contribution >= 0.6 is 23.2 Å². The van der Waals surface area contributed by atoms with Gasteiger partial charge in [0.05, 0.1) is 0 Å². The SMILES string of the molecule is N#CC(=Cc1ccc(Cl)cc1Cl)C(=O)NCc1ccc[nH+]c1. The molecule has 0 saturated heterocycles. The van der Waals surface area contributed by atoms with E-state index >= 15 is 0 Å². The maximum Gasteiger partial charge on any atom is 0.262 e. The maximum atomic E-state index is 12.0. The second kappa shape index (κ2) is 7.60. The summed E-state index contributed by atoms with van der Waals surface area (Å²) in [7, 11) is 0. The molecule has 1 aromatic carbocycles. The highest BCUT2D eigenvalue weighted by Gasteiger charge is 2.10. The number of carbonyl (C=O) groups excluding carboxylic acids is 1. The van der Waals surface area contributed by atoms with Crippen molar-refractivity contribution in [3.63, 3.8) is 0 Å². The van der Waals surface area contributed by atoms with Crippen molar-refractivity contribution in [3.8, 4) is 6.07 Å². The van der Waals surface area contributed by atoms with E-state index in [9.17, 15) is 4.79 Å². The number of aromatic amines is 1. The molecule has 0 atom stereocenters. The summed E-state index contributed by atoms with van der Waals surface area (Å²) in [6.07, 6.45) is 4.98. The predicted octanol–water partition coefficient (Wildman–Crippen LogP) is 3.03. The monoisotopic (exact) mass is 332 g/mol. The van der Waals surface area contributed by atoms with E-state index in [1.807, 2.05) is 18.2 Å². The molecule has 1 aromatic heterocycles. The van der Waals surface area contributed by atoms with Crippen LogP contribution in [0.4, 0.5) is 0 Å². The summed E-state index contributed by atoms with van der Waals surface area (Å²) >= 11 is 11.8. The summed E-state index contributed by atoms with van der Waals surface area (Å²) in [4.78, 5) is 15.0. The molecule has 1 heterocycles. The van der Waals surface area contributed by atoms with Gasteiger partial charge in [-0.05, 0) is 29.8 Å². The molecular formula is C16H12Cl2N3O+. The Kier molecular flexibility index (Phi) is 5.54. The Bertz CT molecular complexity index is 752. The second-order valence-electron chi connectivity index (χ2n) is 4.43. The number of hydrogen-bond donors (Lipinski definition) is 1. The van der Waals surface area contributed by atoms with Crippen LogP contribution in [-0.2, 0) is 11.3 Å². The number of H-pyrrole nitrogens is 1. The zero-order chi connectivity index (χ0) is 15.9. The predicted molar refractivity (Wildman–Crippen MR) is 84.9 cm³/mol. The molecule has 0 aliphatic rings. The number of carbonyl (C=O) groups is 1. The molecule has 0 saturated carbocycles. The summed E-state index contributed by atoms with van der Waals surface area (Å²) < 4.78 is 0. The zero-order valence-electron chi connectivity index (χ0n) is 11.4. The number of benzene rings is 1. The van der Waals surface area contributed by atoms with E-state index in [4.69, 9.17) is 28.5 Å². The molecule has 4 nitrogen and oxygen atoms in total. The minimum Gasteiger partial charge on any atom is -0.347 e. The smallest absolute Gasteiger partial charge is 0.262 e. The first-order chi connectivity index (χ1) is 10.6. The number of amides is 1. The van der Waals surface area contributed by atoms with Crippen LogP contribution in [0.1, 0.15) is 11.1 Å². The summed E-state index contributed by atoms with van der Waals surface area (Å²) in [5.41, 5.74) is 1.44. The molecule has 6 heteroatoms. The van der Waals surface area contributed by atoms with Crippen LogP contribution in [-0.4, -0.2) is 5.91 Å². The first kappa shape index (κ1) is 16.0. The number of hydrogen-bond acceptors (Lipinski definition) is 2. The average molecular weight is 333 g/mol. The van der Waals surface area contributed by atoms with E-state index in [0.717, 1.165) is 5.56 Å². The van der Waals surface area contributed by atoms with Gasteiger partial charge in [0.15, 0.2) is 12.4 Å². The molecule has 2 aromatic rings. The van der Waals surface area contributed by atoms with Gasteiger partial charge in [-0.25, -0.2) is 4.98 Å².